The zero-order valence-corrected chi connectivity index (χ0v) is 13.7. The molecule has 4 heteroatoms. The summed E-state index contributed by atoms with van der Waals surface area (Å²) in [6, 6.07) is 10.8. The second-order valence-corrected chi connectivity index (χ2v) is 6.65. The Bertz CT molecular complexity index is 829. The van der Waals surface area contributed by atoms with Crippen LogP contribution >= 0.6 is 11.3 Å². The Kier molecular flexibility index (Phi) is 3.26. The van der Waals surface area contributed by atoms with Gasteiger partial charge in [0, 0.05) is 12.1 Å². The molecule has 4 rings (SSSR count). The number of anilines is 1. The van der Waals surface area contributed by atoms with Gasteiger partial charge in [0.05, 0.1) is 10.6 Å². The number of aryl methyl sites for hydroxylation is 2. The monoisotopic (exact) mass is 309 g/mol. The molecule has 0 amide bonds. The van der Waals surface area contributed by atoms with E-state index in [2.05, 4.69) is 59.6 Å². The maximum Gasteiger partial charge on any atom is 0.133 e. The molecule has 1 aromatic carbocycles. The van der Waals surface area contributed by atoms with Crippen molar-refractivity contribution in [3.8, 4) is 16.3 Å². The fourth-order valence-corrected chi connectivity index (χ4v) is 4.03. The first kappa shape index (κ1) is 13.6. The molecular formula is C18H19N3S. The van der Waals surface area contributed by atoms with Gasteiger partial charge in [0.25, 0.3) is 0 Å². The van der Waals surface area contributed by atoms with Crippen LogP contribution in [0, 0.1) is 6.92 Å². The number of para-hydroxylation sites is 1. The first-order valence-electron chi connectivity index (χ1n) is 7.77. The van der Waals surface area contributed by atoms with E-state index in [-0.39, 0.29) is 0 Å². The lowest BCUT2D eigenvalue weighted by molar-refractivity contribution is 0.866. The van der Waals surface area contributed by atoms with Crippen LogP contribution in [0.3, 0.4) is 0 Å². The Morgan fingerprint density at radius 3 is 2.95 bits per heavy atom. The average Bonchev–Trinajstić information content (AvgIpc) is 3.23. The highest BCUT2D eigenvalue weighted by Gasteiger charge is 2.25. The van der Waals surface area contributed by atoms with Gasteiger partial charge in [-0.25, -0.2) is 4.68 Å². The first-order valence-corrected chi connectivity index (χ1v) is 8.65. The summed E-state index contributed by atoms with van der Waals surface area (Å²) < 4.78 is 2.10. The normalized spacial score (nSPS) is 13.2. The van der Waals surface area contributed by atoms with E-state index in [1.54, 1.807) is 11.3 Å². The topological polar surface area (TPSA) is 29.9 Å². The number of nitrogens with one attached hydrogen (secondary N) is 1. The van der Waals surface area contributed by atoms with Crippen LogP contribution in [0.25, 0.3) is 16.3 Å². The zero-order chi connectivity index (χ0) is 15.1. The molecule has 2 aromatic heterocycles. The summed E-state index contributed by atoms with van der Waals surface area (Å²) in [5.74, 6) is 1.17. The zero-order valence-electron chi connectivity index (χ0n) is 12.9. The van der Waals surface area contributed by atoms with E-state index in [9.17, 15) is 0 Å². The summed E-state index contributed by atoms with van der Waals surface area (Å²) in [6.07, 6.45) is 2.06. The summed E-state index contributed by atoms with van der Waals surface area (Å²) in [7, 11) is 0. The number of aromatic nitrogens is 2. The molecule has 3 aromatic rings. The van der Waals surface area contributed by atoms with Crippen LogP contribution in [-0.2, 0) is 12.8 Å². The lowest BCUT2D eigenvalue weighted by Crippen LogP contribution is -2.06. The highest BCUT2D eigenvalue weighted by molar-refractivity contribution is 7.13. The molecule has 0 saturated carbocycles. The Hall–Kier alpha value is -2.07. The van der Waals surface area contributed by atoms with Crippen molar-refractivity contribution in [2.45, 2.75) is 26.7 Å². The second-order valence-electron chi connectivity index (χ2n) is 5.73. The van der Waals surface area contributed by atoms with E-state index in [0.717, 1.165) is 25.1 Å². The Morgan fingerprint density at radius 2 is 2.18 bits per heavy atom. The van der Waals surface area contributed by atoms with Crippen LogP contribution in [0.5, 0.6) is 0 Å². The van der Waals surface area contributed by atoms with Crippen LogP contribution in [0.2, 0.25) is 0 Å². The molecule has 0 aliphatic carbocycles. The largest absolute Gasteiger partial charge is 0.369 e. The lowest BCUT2D eigenvalue weighted by Gasteiger charge is -2.10. The molecule has 0 fully saturated rings. The van der Waals surface area contributed by atoms with Crippen molar-refractivity contribution in [2.75, 3.05) is 11.9 Å². The maximum absolute atomic E-state index is 4.96. The van der Waals surface area contributed by atoms with Gasteiger partial charge in [-0.2, -0.15) is 5.10 Å². The number of hydrogen-bond acceptors (Lipinski definition) is 3. The second kappa shape index (κ2) is 5.29. The first-order chi connectivity index (χ1) is 10.8. The summed E-state index contributed by atoms with van der Waals surface area (Å²) in [5, 5.41) is 10.7. The van der Waals surface area contributed by atoms with E-state index in [0.29, 0.717) is 0 Å². The third-order valence-corrected chi connectivity index (χ3v) is 5.27. The molecule has 0 radical (unpaired) electrons. The van der Waals surface area contributed by atoms with Gasteiger partial charge >= 0.3 is 0 Å². The van der Waals surface area contributed by atoms with Crippen molar-refractivity contribution in [2.24, 2.45) is 0 Å². The SMILES string of the molecule is CCc1ccccc1-n1nc(-c2cc(C)cs2)c2c1NCC2. The fraction of sp³-hybridized carbons (Fsp3) is 0.278. The standard InChI is InChI=1S/C18H19N3S/c1-3-13-6-4-5-7-15(13)21-18-14(8-9-19-18)17(20-21)16-10-12(2)11-22-16/h4-7,10-11,19H,3,8-9H2,1-2H3. The van der Waals surface area contributed by atoms with E-state index in [1.165, 1.54) is 33.1 Å². The van der Waals surface area contributed by atoms with E-state index in [4.69, 9.17) is 5.10 Å². The van der Waals surface area contributed by atoms with Crippen LogP contribution in [0.4, 0.5) is 5.82 Å². The minimum Gasteiger partial charge on any atom is -0.369 e. The van der Waals surface area contributed by atoms with Gasteiger partial charge in [-0.15, -0.1) is 11.3 Å². The predicted molar refractivity (Wildman–Crippen MR) is 93.2 cm³/mol. The third-order valence-electron chi connectivity index (χ3n) is 4.22. The molecule has 0 atom stereocenters. The Labute approximate surface area is 134 Å². The third kappa shape index (κ3) is 2.06. The number of nitrogens with zero attached hydrogens (tertiary/aromatic N) is 2. The number of hydrogen-bond donors (Lipinski definition) is 1. The van der Waals surface area contributed by atoms with E-state index < -0.39 is 0 Å². The fourth-order valence-electron chi connectivity index (χ4n) is 3.12. The molecule has 0 bridgehead atoms. The molecule has 0 unspecified atom stereocenters. The van der Waals surface area contributed by atoms with E-state index in [1.807, 2.05) is 0 Å². The van der Waals surface area contributed by atoms with E-state index >= 15 is 0 Å². The van der Waals surface area contributed by atoms with Gasteiger partial charge in [-0.05, 0) is 48.4 Å². The van der Waals surface area contributed by atoms with Gasteiger partial charge < -0.3 is 5.32 Å². The van der Waals surface area contributed by atoms with Crippen LogP contribution < -0.4 is 5.32 Å². The van der Waals surface area contributed by atoms with Gasteiger partial charge in [-0.3, -0.25) is 0 Å². The highest BCUT2D eigenvalue weighted by Crippen LogP contribution is 2.37. The number of rotatable bonds is 3. The van der Waals surface area contributed by atoms with Crippen LogP contribution in [-0.4, -0.2) is 16.3 Å². The summed E-state index contributed by atoms with van der Waals surface area (Å²) in [4.78, 5) is 1.27. The maximum atomic E-state index is 4.96. The van der Waals surface area contributed by atoms with Crippen LogP contribution in [0.1, 0.15) is 23.6 Å². The number of benzene rings is 1. The summed E-state index contributed by atoms with van der Waals surface area (Å²) in [5.41, 5.74) is 6.32. The lowest BCUT2D eigenvalue weighted by atomic mass is 10.1. The van der Waals surface area contributed by atoms with Crippen LogP contribution in [0.15, 0.2) is 35.7 Å². The number of thiophene rings is 1. The van der Waals surface area contributed by atoms with Gasteiger partial charge in [0.15, 0.2) is 0 Å². The van der Waals surface area contributed by atoms with Crippen molar-refractivity contribution in [3.63, 3.8) is 0 Å². The van der Waals surface area contributed by atoms with Crippen molar-refractivity contribution < 1.29 is 0 Å². The van der Waals surface area contributed by atoms with Crippen molar-refractivity contribution >= 4 is 17.2 Å². The summed E-state index contributed by atoms with van der Waals surface area (Å²) >= 11 is 1.78. The Morgan fingerprint density at radius 1 is 1.32 bits per heavy atom. The number of fused-ring (bicyclic) bond motifs is 1. The molecule has 1 aliphatic rings. The molecule has 112 valence electrons. The average molecular weight is 309 g/mol. The predicted octanol–water partition coefficient (Wildman–Crippen LogP) is 4.44. The molecule has 3 heterocycles. The van der Waals surface area contributed by atoms with Gasteiger partial charge in [0.1, 0.15) is 11.5 Å². The molecule has 1 N–H and O–H groups in total. The molecule has 22 heavy (non-hydrogen) atoms. The van der Waals surface area contributed by atoms with Gasteiger partial charge in [0.2, 0.25) is 0 Å². The van der Waals surface area contributed by atoms with Crippen molar-refractivity contribution in [3.05, 3.63) is 52.4 Å². The molecule has 0 saturated heterocycles. The molecule has 1 aliphatic heterocycles. The Balaban J connectivity index is 1.91. The molecule has 3 nitrogen and oxygen atoms in total. The minimum atomic E-state index is 0.999. The quantitative estimate of drug-likeness (QED) is 0.775. The summed E-state index contributed by atoms with van der Waals surface area (Å²) in [6.45, 7) is 5.33. The van der Waals surface area contributed by atoms with Crippen molar-refractivity contribution in [1.29, 1.82) is 0 Å². The molecular weight excluding hydrogens is 290 g/mol. The van der Waals surface area contributed by atoms with Crippen molar-refractivity contribution in [1.82, 2.24) is 9.78 Å². The minimum absolute atomic E-state index is 0.999. The smallest absolute Gasteiger partial charge is 0.133 e. The van der Waals surface area contributed by atoms with Gasteiger partial charge in [-0.1, -0.05) is 25.1 Å². The molecule has 0 spiro atoms. The highest BCUT2D eigenvalue weighted by atomic mass is 32.1.